The zero-order valence-electron chi connectivity index (χ0n) is 8.18. The molecular weight excluding hydrogens is 190 g/mol. The minimum absolute atomic E-state index is 0.0801. The van der Waals surface area contributed by atoms with Crippen LogP contribution in [0.1, 0.15) is 29.4 Å². The fourth-order valence-electron chi connectivity index (χ4n) is 2.22. The summed E-state index contributed by atoms with van der Waals surface area (Å²) in [5.41, 5.74) is 1.63. The molecule has 1 aromatic carbocycles. The number of para-hydroxylation sites is 1. The van der Waals surface area contributed by atoms with Gasteiger partial charge in [-0.2, -0.15) is 0 Å². The van der Waals surface area contributed by atoms with E-state index in [1.165, 1.54) is 0 Å². The van der Waals surface area contributed by atoms with Crippen molar-refractivity contribution < 1.29 is 9.90 Å². The van der Waals surface area contributed by atoms with E-state index in [1.807, 2.05) is 30.3 Å². The fraction of sp³-hybridized carbons (Fsp3) is 0.250. The van der Waals surface area contributed by atoms with E-state index in [2.05, 4.69) is 0 Å². The quantitative estimate of drug-likeness (QED) is 0.709. The minimum atomic E-state index is -0.505. The Hall–Kier alpha value is -1.61. The summed E-state index contributed by atoms with van der Waals surface area (Å²) in [5, 5.41) is 10.8. The molecule has 0 amide bonds. The number of hydrogen-bond acceptors (Lipinski definition) is 2. The summed E-state index contributed by atoms with van der Waals surface area (Å²) in [4.78, 5) is 11.8. The number of fused-ring (bicyclic) bond motifs is 3. The molecular formula is C12H11NO2. The standard InChI is InChI=1S/C12H11NO2/c14-11-5-6-12(15)13-9-4-2-1-3-8(9)7-10(11)13/h1-4,7,11,14H,5-6H2. The van der Waals surface area contributed by atoms with Gasteiger partial charge in [-0.3, -0.25) is 9.36 Å². The van der Waals surface area contributed by atoms with Crippen LogP contribution in [-0.2, 0) is 0 Å². The van der Waals surface area contributed by atoms with Gasteiger partial charge in [-0.1, -0.05) is 18.2 Å². The molecule has 0 fully saturated rings. The van der Waals surface area contributed by atoms with E-state index in [1.54, 1.807) is 4.57 Å². The number of aromatic nitrogens is 1. The van der Waals surface area contributed by atoms with Crippen molar-refractivity contribution in [2.45, 2.75) is 18.9 Å². The monoisotopic (exact) mass is 201 g/mol. The largest absolute Gasteiger partial charge is 0.387 e. The number of carbonyl (C=O) groups is 1. The topological polar surface area (TPSA) is 42.2 Å². The number of benzene rings is 1. The van der Waals surface area contributed by atoms with Crippen LogP contribution in [0.15, 0.2) is 30.3 Å². The van der Waals surface area contributed by atoms with Crippen molar-refractivity contribution in [2.75, 3.05) is 0 Å². The number of rotatable bonds is 0. The Bertz CT molecular complexity index is 542. The van der Waals surface area contributed by atoms with Crippen LogP contribution < -0.4 is 0 Å². The van der Waals surface area contributed by atoms with Crippen LogP contribution in [-0.4, -0.2) is 15.6 Å². The highest BCUT2D eigenvalue weighted by Gasteiger charge is 2.25. The molecule has 0 saturated carbocycles. The van der Waals surface area contributed by atoms with Crippen LogP contribution in [0.5, 0.6) is 0 Å². The highest BCUT2D eigenvalue weighted by molar-refractivity contribution is 5.94. The summed E-state index contributed by atoms with van der Waals surface area (Å²) < 4.78 is 1.64. The van der Waals surface area contributed by atoms with E-state index < -0.39 is 6.10 Å². The van der Waals surface area contributed by atoms with Crippen LogP contribution in [0.3, 0.4) is 0 Å². The van der Waals surface area contributed by atoms with E-state index in [4.69, 9.17) is 0 Å². The number of nitrogens with zero attached hydrogens (tertiary/aromatic N) is 1. The van der Waals surface area contributed by atoms with Gasteiger partial charge in [0.15, 0.2) is 0 Å². The zero-order valence-corrected chi connectivity index (χ0v) is 8.18. The first-order valence-electron chi connectivity index (χ1n) is 5.09. The molecule has 1 N–H and O–H groups in total. The van der Waals surface area contributed by atoms with Crippen molar-refractivity contribution in [1.29, 1.82) is 0 Å². The Kier molecular flexibility index (Phi) is 1.70. The molecule has 3 nitrogen and oxygen atoms in total. The second-order valence-corrected chi connectivity index (χ2v) is 3.91. The van der Waals surface area contributed by atoms with Gasteiger partial charge >= 0.3 is 0 Å². The van der Waals surface area contributed by atoms with Crippen molar-refractivity contribution in [1.82, 2.24) is 4.57 Å². The molecule has 1 atom stereocenters. The number of hydrogen-bond donors (Lipinski definition) is 1. The van der Waals surface area contributed by atoms with Crippen LogP contribution in [0.4, 0.5) is 0 Å². The Morgan fingerprint density at radius 3 is 3.00 bits per heavy atom. The summed E-state index contributed by atoms with van der Waals surface area (Å²) in [7, 11) is 0. The Labute approximate surface area is 86.9 Å². The van der Waals surface area contributed by atoms with Crippen molar-refractivity contribution in [3.8, 4) is 0 Å². The predicted octanol–water partition coefficient (Wildman–Crippen LogP) is 2.11. The lowest BCUT2D eigenvalue weighted by Gasteiger charge is -2.19. The molecule has 0 saturated heterocycles. The molecule has 1 aromatic heterocycles. The lowest BCUT2D eigenvalue weighted by atomic mass is 10.1. The average molecular weight is 201 g/mol. The molecule has 76 valence electrons. The lowest BCUT2D eigenvalue weighted by molar-refractivity contribution is 0.0780. The first-order valence-corrected chi connectivity index (χ1v) is 5.09. The van der Waals surface area contributed by atoms with E-state index >= 15 is 0 Å². The van der Waals surface area contributed by atoms with Crippen LogP contribution in [0, 0.1) is 0 Å². The summed E-state index contributed by atoms with van der Waals surface area (Å²) in [6.07, 6.45) is 0.456. The average Bonchev–Trinajstić information content (AvgIpc) is 2.64. The third-order valence-electron chi connectivity index (χ3n) is 2.96. The van der Waals surface area contributed by atoms with Crippen molar-refractivity contribution in [3.63, 3.8) is 0 Å². The SMILES string of the molecule is O=C1CCC(O)c2cc3ccccc3n21. The van der Waals surface area contributed by atoms with Gasteiger partial charge in [0.2, 0.25) is 5.91 Å². The van der Waals surface area contributed by atoms with Crippen LogP contribution in [0.25, 0.3) is 10.9 Å². The second-order valence-electron chi connectivity index (χ2n) is 3.91. The van der Waals surface area contributed by atoms with Crippen LogP contribution in [0.2, 0.25) is 0 Å². The maximum absolute atomic E-state index is 11.8. The van der Waals surface area contributed by atoms with Crippen molar-refractivity contribution in [2.24, 2.45) is 0 Å². The number of aliphatic hydroxyl groups is 1. The molecule has 1 unspecified atom stereocenters. The van der Waals surface area contributed by atoms with Gasteiger partial charge in [0.25, 0.3) is 0 Å². The minimum Gasteiger partial charge on any atom is -0.387 e. The molecule has 3 heteroatoms. The number of carbonyl (C=O) groups excluding carboxylic acids is 1. The first-order chi connectivity index (χ1) is 7.27. The van der Waals surface area contributed by atoms with Gasteiger partial charge in [-0.15, -0.1) is 0 Å². The van der Waals surface area contributed by atoms with E-state index in [0.717, 1.165) is 16.6 Å². The highest BCUT2D eigenvalue weighted by atomic mass is 16.3. The molecule has 1 aliphatic heterocycles. The molecule has 0 bridgehead atoms. The van der Waals surface area contributed by atoms with Gasteiger partial charge in [0.05, 0.1) is 17.3 Å². The van der Waals surface area contributed by atoms with Crippen molar-refractivity contribution in [3.05, 3.63) is 36.0 Å². The normalized spacial score (nSPS) is 20.6. The Balaban J connectivity index is 2.39. The zero-order chi connectivity index (χ0) is 10.4. The molecule has 3 rings (SSSR count). The fourth-order valence-corrected chi connectivity index (χ4v) is 2.22. The van der Waals surface area contributed by atoms with E-state index in [0.29, 0.717) is 12.8 Å². The summed E-state index contributed by atoms with van der Waals surface area (Å²) in [6.45, 7) is 0. The summed E-state index contributed by atoms with van der Waals surface area (Å²) >= 11 is 0. The van der Waals surface area contributed by atoms with Crippen molar-refractivity contribution >= 4 is 16.8 Å². The first kappa shape index (κ1) is 8.68. The third-order valence-corrected chi connectivity index (χ3v) is 2.96. The summed E-state index contributed by atoms with van der Waals surface area (Å²) in [6, 6.07) is 9.61. The molecule has 2 aromatic rings. The Morgan fingerprint density at radius 2 is 2.13 bits per heavy atom. The molecule has 0 aliphatic carbocycles. The molecule has 0 radical (unpaired) electrons. The maximum atomic E-state index is 11.8. The lowest BCUT2D eigenvalue weighted by Crippen LogP contribution is -2.21. The van der Waals surface area contributed by atoms with Crippen LogP contribution >= 0.6 is 0 Å². The van der Waals surface area contributed by atoms with E-state index in [-0.39, 0.29) is 5.91 Å². The third kappa shape index (κ3) is 1.13. The summed E-state index contributed by atoms with van der Waals surface area (Å²) in [5.74, 6) is 0.0801. The van der Waals surface area contributed by atoms with Gasteiger partial charge < -0.3 is 5.11 Å². The van der Waals surface area contributed by atoms with Gasteiger partial charge in [-0.25, -0.2) is 0 Å². The van der Waals surface area contributed by atoms with Gasteiger partial charge in [0.1, 0.15) is 0 Å². The molecule has 1 aliphatic rings. The molecule has 2 heterocycles. The van der Waals surface area contributed by atoms with Gasteiger partial charge in [0, 0.05) is 11.8 Å². The number of aliphatic hydroxyl groups excluding tert-OH is 1. The van der Waals surface area contributed by atoms with E-state index in [9.17, 15) is 9.90 Å². The maximum Gasteiger partial charge on any atom is 0.231 e. The second kappa shape index (κ2) is 2.94. The molecule has 0 spiro atoms. The molecule has 15 heavy (non-hydrogen) atoms. The predicted molar refractivity (Wildman–Crippen MR) is 56.8 cm³/mol. The Morgan fingerprint density at radius 1 is 1.33 bits per heavy atom. The smallest absolute Gasteiger partial charge is 0.231 e. The highest BCUT2D eigenvalue weighted by Crippen LogP contribution is 2.30. The van der Waals surface area contributed by atoms with Gasteiger partial charge in [-0.05, 0) is 18.6 Å².